The molecule has 0 unspecified atom stereocenters. The fourth-order valence-electron chi connectivity index (χ4n) is 1.36. The van der Waals surface area contributed by atoms with E-state index in [0.717, 1.165) is 0 Å². The highest BCUT2D eigenvalue weighted by molar-refractivity contribution is 5.33. The molecule has 0 heterocycles. The van der Waals surface area contributed by atoms with E-state index in [1.807, 2.05) is 6.07 Å². The Hall–Kier alpha value is -0.860. The highest BCUT2D eigenvalue weighted by Crippen LogP contribution is 2.15. The van der Waals surface area contributed by atoms with E-state index in [1.54, 1.807) is 14.2 Å². The van der Waals surface area contributed by atoms with Gasteiger partial charge in [0, 0.05) is 14.2 Å². The fourth-order valence-corrected chi connectivity index (χ4v) is 1.36. The lowest BCUT2D eigenvalue weighted by Gasteiger charge is -2.09. The van der Waals surface area contributed by atoms with E-state index < -0.39 is 0 Å². The van der Waals surface area contributed by atoms with Crippen LogP contribution >= 0.6 is 0 Å². The van der Waals surface area contributed by atoms with Crippen LogP contribution in [0.1, 0.15) is 16.7 Å². The second-order valence-corrected chi connectivity index (χ2v) is 3.07. The van der Waals surface area contributed by atoms with E-state index in [-0.39, 0.29) is 0 Å². The predicted molar refractivity (Wildman–Crippen MR) is 52.6 cm³/mol. The zero-order valence-electron chi connectivity index (χ0n) is 8.46. The minimum absolute atomic E-state index is 0.670. The molecule has 0 saturated carbocycles. The Morgan fingerprint density at radius 1 is 1.00 bits per heavy atom. The monoisotopic (exact) mass is 180 g/mol. The number of methoxy groups -OCH3 is 2. The molecule has 0 bridgehead atoms. The van der Waals surface area contributed by atoms with Crippen LogP contribution in [0.5, 0.6) is 0 Å². The molecule has 0 saturated heterocycles. The molecule has 2 heteroatoms. The Bertz CT molecular complexity index is 245. The first-order valence-corrected chi connectivity index (χ1v) is 4.34. The van der Waals surface area contributed by atoms with Gasteiger partial charge in [0.25, 0.3) is 0 Å². The Morgan fingerprint density at radius 3 is 1.85 bits per heavy atom. The van der Waals surface area contributed by atoms with Crippen molar-refractivity contribution in [3.8, 4) is 0 Å². The van der Waals surface area contributed by atoms with Gasteiger partial charge in [0.2, 0.25) is 0 Å². The molecule has 13 heavy (non-hydrogen) atoms. The van der Waals surface area contributed by atoms with Crippen LogP contribution in [0.2, 0.25) is 0 Å². The zero-order valence-corrected chi connectivity index (χ0v) is 8.46. The van der Waals surface area contributed by atoms with Gasteiger partial charge in [-0.05, 0) is 23.6 Å². The molecule has 0 atom stereocenters. The van der Waals surface area contributed by atoms with E-state index in [4.69, 9.17) is 9.47 Å². The number of hydrogen-bond donors (Lipinski definition) is 0. The highest BCUT2D eigenvalue weighted by Gasteiger charge is 2.02. The summed E-state index contributed by atoms with van der Waals surface area (Å²) in [5.74, 6) is 0. The number of hydrogen-bond acceptors (Lipinski definition) is 2. The van der Waals surface area contributed by atoms with Crippen molar-refractivity contribution in [3.05, 3.63) is 34.9 Å². The minimum Gasteiger partial charge on any atom is -0.380 e. The maximum atomic E-state index is 5.10. The van der Waals surface area contributed by atoms with Gasteiger partial charge >= 0.3 is 0 Å². The van der Waals surface area contributed by atoms with E-state index in [9.17, 15) is 0 Å². The van der Waals surface area contributed by atoms with Crippen LogP contribution in [-0.4, -0.2) is 14.2 Å². The average Bonchev–Trinajstić information content (AvgIpc) is 2.13. The van der Waals surface area contributed by atoms with Gasteiger partial charge < -0.3 is 9.47 Å². The largest absolute Gasteiger partial charge is 0.380 e. The number of rotatable bonds is 4. The van der Waals surface area contributed by atoms with Crippen molar-refractivity contribution < 1.29 is 9.47 Å². The van der Waals surface area contributed by atoms with Crippen LogP contribution in [-0.2, 0) is 22.7 Å². The molecule has 0 spiro atoms. The molecular formula is C11H16O2. The van der Waals surface area contributed by atoms with Gasteiger partial charge in [0.05, 0.1) is 13.2 Å². The van der Waals surface area contributed by atoms with E-state index in [1.165, 1.54) is 16.7 Å². The van der Waals surface area contributed by atoms with Crippen molar-refractivity contribution >= 4 is 0 Å². The average molecular weight is 180 g/mol. The molecule has 0 aliphatic rings. The summed E-state index contributed by atoms with van der Waals surface area (Å²) in [4.78, 5) is 0. The van der Waals surface area contributed by atoms with Gasteiger partial charge in [-0.1, -0.05) is 18.2 Å². The molecule has 0 radical (unpaired) electrons. The van der Waals surface area contributed by atoms with Crippen LogP contribution in [0.3, 0.4) is 0 Å². The highest BCUT2D eigenvalue weighted by atomic mass is 16.5. The quantitative estimate of drug-likeness (QED) is 0.707. The number of ether oxygens (including phenoxy) is 2. The lowest BCUT2D eigenvalue weighted by atomic mass is 10.0. The topological polar surface area (TPSA) is 18.5 Å². The van der Waals surface area contributed by atoms with E-state index >= 15 is 0 Å². The molecule has 1 aromatic carbocycles. The molecule has 0 aliphatic heterocycles. The second kappa shape index (κ2) is 5.00. The molecule has 2 nitrogen and oxygen atoms in total. The smallest absolute Gasteiger partial charge is 0.0715 e. The van der Waals surface area contributed by atoms with Crippen LogP contribution in [0, 0.1) is 6.92 Å². The van der Waals surface area contributed by atoms with Gasteiger partial charge in [0.1, 0.15) is 0 Å². The first-order chi connectivity index (χ1) is 6.29. The van der Waals surface area contributed by atoms with Gasteiger partial charge in [-0.25, -0.2) is 0 Å². The molecule has 0 amide bonds. The fraction of sp³-hybridized carbons (Fsp3) is 0.455. The van der Waals surface area contributed by atoms with Crippen LogP contribution < -0.4 is 0 Å². The summed E-state index contributed by atoms with van der Waals surface area (Å²) in [6.45, 7) is 3.44. The third kappa shape index (κ3) is 2.54. The standard InChI is InChI=1S/C11H16O2/c1-9-10(7-12-2)5-4-6-11(9)8-13-3/h4-6H,7-8H2,1-3H3. The second-order valence-electron chi connectivity index (χ2n) is 3.07. The third-order valence-electron chi connectivity index (χ3n) is 2.16. The summed E-state index contributed by atoms with van der Waals surface area (Å²) < 4.78 is 10.2. The van der Waals surface area contributed by atoms with E-state index in [0.29, 0.717) is 13.2 Å². The summed E-state index contributed by atoms with van der Waals surface area (Å²) in [6, 6.07) is 6.20. The molecule has 0 aliphatic carbocycles. The maximum Gasteiger partial charge on any atom is 0.0715 e. The molecule has 72 valence electrons. The van der Waals surface area contributed by atoms with Gasteiger partial charge in [-0.2, -0.15) is 0 Å². The first kappa shape index (κ1) is 10.2. The van der Waals surface area contributed by atoms with Crippen molar-refractivity contribution in [2.45, 2.75) is 20.1 Å². The summed E-state index contributed by atoms with van der Waals surface area (Å²) in [6.07, 6.45) is 0. The normalized spacial score (nSPS) is 10.4. The number of benzene rings is 1. The van der Waals surface area contributed by atoms with Crippen LogP contribution in [0.25, 0.3) is 0 Å². The lowest BCUT2D eigenvalue weighted by molar-refractivity contribution is 0.179. The van der Waals surface area contributed by atoms with Gasteiger partial charge in [-0.3, -0.25) is 0 Å². The Balaban J connectivity index is 2.89. The summed E-state index contributed by atoms with van der Waals surface area (Å²) >= 11 is 0. The molecule has 0 fully saturated rings. The Morgan fingerprint density at radius 2 is 1.46 bits per heavy atom. The van der Waals surface area contributed by atoms with Crippen LogP contribution in [0.4, 0.5) is 0 Å². The minimum atomic E-state index is 0.670. The van der Waals surface area contributed by atoms with Crippen molar-refractivity contribution in [3.63, 3.8) is 0 Å². The SMILES string of the molecule is COCc1cccc(COC)c1C. The van der Waals surface area contributed by atoms with E-state index in [2.05, 4.69) is 19.1 Å². The maximum absolute atomic E-state index is 5.10. The molecule has 1 aromatic rings. The Labute approximate surface area is 79.5 Å². The van der Waals surface area contributed by atoms with Crippen LogP contribution in [0.15, 0.2) is 18.2 Å². The first-order valence-electron chi connectivity index (χ1n) is 4.34. The predicted octanol–water partition coefficient (Wildman–Crippen LogP) is 2.29. The van der Waals surface area contributed by atoms with Crippen molar-refractivity contribution in [1.82, 2.24) is 0 Å². The van der Waals surface area contributed by atoms with Gasteiger partial charge in [0.15, 0.2) is 0 Å². The molecule has 0 aromatic heterocycles. The summed E-state index contributed by atoms with van der Waals surface area (Å²) in [5.41, 5.74) is 3.74. The van der Waals surface area contributed by atoms with Crippen molar-refractivity contribution in [1.29, 1.82) is 0 Å². The van der Waals surface area contributed by atoms with Crippen molar-refractivity contribution in [2.24, 2.45) is 0 Å². The summed E-state index contributed by atoms with van der Waals surface area (Å²) in [5, 5.41) is 0. The third-order valence-corrected chi connectivity index (χ3v) is 2.16. The Kier molecular flexibility index (Phi) is 3.93. The lowest BCUT2D eigenvalue weighted by Crippen LogP contribution is -1.97. The van der Waals surface area contributed by atoms with Crippen molar-refractivity contribution in [2.75, 3.05) is 14.2 Å². The molecular weight excluding hydrogens is 164 g/mol. The zero-order chi connectivity index (χ0) is 9.68. The molecule has 0 N–H and O–H groups in total. The summed E-state index contributed by atoms with van der Waals surface area (Å²) in [7, 11) is 3.42. The molecule has 1 rings (SSSR count). The van der Waals surface area contributed by atoms with Gasteiger partial charge in [-0.15, -0.1) is 0 Å².